The molecule has 0 radical (unpaired) electrons. The van der Waals surface area contributed by atoms with Crippen LogP contribution in [0.3, 0.4) is 0 Å². The van der Waals surface area contributed by atoms with Crippen LogP contribution in [0, 0.1) is 0 Å². The normalized spacial score (nSPS) is 12.4. The maximum Gasteiger partial charge on any atom is 0.303 e. The first-order valence-electron chi connectivity index (χ1n) is 9.59. The Balaban J connectivity index is 3.33. The predicted octanol–water partition coefficient (Wildman–Crippen LogP) is 7.00. The summed E-state index contributed by atoms with van der Waals surface area (Å²) in [6, 6.07) is 0. The van der Waals surface area contributed by atoms with Gasteiger partial charge < -0.3 is 5.11 Å². The third kappa shape index (κ3) is 20.4. The molecule has 0 bridgehead atoms. The number of aliphatic carboxylic acids is 1. The molecule has 0 amide bonds. The summed E-state index contributed by atoms with van der Waals surface area (Å²) < 4.78 is 0. The number of carbonyl (C=O) groups is 1. The zero-order valence-corrected chi connectivity index (χ0v) is 15.5. The third-order valence-electron chi connectivity index (χ3n) is 3.70. The van der Waals surface area contributed by atoms with Crippen LogP contribution in [0.15, 0.2) is 48.6 Å². The van der Waals surface area contributed by atoms with Gasteiger partial charge in [-0.2, -0.15) is 0 Å². The van der Waals surface area contributed by atoms with Crippen LogP contribution >= 0.6 is 0 Å². The lowest BCUT2D eigenvalue weighted by Gasteiger charge is -1.94. The van der Waals surface area contributed by atoms with E-state index in [2.05, 4.69) is 55.5 Å². The number of hydrogen-bond donors (Lipinski definition) is 1. The molecule has 0 atom stereocenters. The second-order valence-electron chi connectivity index (χ2n) is 6.04. The molecule has 2 heteroatoms. The summed E-state index contributed by atoms with van der Waals surface area (Å²) in [7, 11) is 0. The molecule has 0 aliphatic rings. The van der Waals surface area contributed by atoms with E-state index in [0.717, 1.165) is 44.9 Å². The van der Waals surface area contributed by atoms with E-state index in [4.69, 9.17) is 5.11 Å². The van der Waals surface area contributed by atoms with Crippen LogP contribution in [-0.4, -0.2) is 11.1 Å². The minimum Gasteiger partial charge on any atom is -0.481 e. The number of carboxylic acid groups (broad SMARTS) is 1. The maximum atomic E-state index is 10.4. The molecule has 0 rings (SSSR count). The van der Waals surface area contributed by atoms with Crippen molar-refractivity contribution in [1.29, 1.82) is 0 Å². The average Bonchev–Trinajstić information content (AvgIpc) is 2.56. The lowest BCUT2D eigenvalue weighted by molar-refractivity contribution is -0.137. The second kappa shape index (κ2) is 19.5. The van der Waals surface area contributed by atoms with Gasteiger partial charge in [-0.3, -0.25) is 4.79 Å². The van der Waals surface area contributed by atoms with Crippen LogP contribution in [0.25, 0.3) is 0 Å². The largest absolute Gasteiger partial charge is 0.481 e. The number of unbranched alkanes of at least 4 members (excludes halogenated alkanes) is 6. The first-order chi connectivity index (χ1) is 11.8. The standard InChI is InChI=1S/C22H36O2/c1-2-3-4-5-6-7-8-9-10-11-12-13-14-15-16-17-18-19-20-21-22(23)24/h3-4,9-10,12-13,15-16H,2,5-8,11,14,17-21H2,1H3,(H,23,24)/b4-3-,10-9-,13-12-,16-15-. The summed E-state index contributed by atoms with van der Waals surface area (Å²) in [5.41, 5.74) is 0. The molecule has 0 heterocycles. The van der Waals surface area contributed by atoms with E-state index >= 15 is 0 Å². The van der Waals surface area contributed by atoms with Crippen molar-refractivity contribution in [3.63, 3.8) is 0 Å². The minimum atomic E-state index is -0.686. The average molecular weight is 333 g/mol. The van der Waals surface area contributed by atoms with E-state index in [-0.39, 0.29) is 0 Å². The second-order valence-corrected chi connectivity index (χ2v) is 6.04. The summed E-state index contributed by atoms with van der Waals surface area (Å²) >= 11 is 0. The molecule has 0 unspecified atom stereocenters. The maximum absolute atomic E-state index is 10.4. The number of rotatable bonds is 16. The zero-order valence-electron chi connectivity index (χ0n) is 15.5. The number of allylic oxidation sites excluding steroid dienone is 8. The Hall–Kier alpha value is -1.57. The number of hydrogen-bond acceptors (Lipinski definition) is 1. The van der Waals surface area contributed by atoms with Gasteiger partial charge in [-0.05, 0) is 64.2 Å². The Kier molecular flexibility index (Phi) is 18.2. The van der Waals surface area contributed by atoms with Gasteiger partial charge in [-0.15, -0.1) is 0 Å². The van der Waals surface area contributed by atoms with Crippen molar-refractivity contribution < 1.29 is 9.90 Å². The highest BCUT2D eigenvalue weighted by Crippen LogP contribution is 2.05. The minimum absolute atomic E-state index is 0.301. The molecule has 24 heavy (non-hydrogen) atoms. The smallest absolute Gasteiger partial charge is 0.303 e. The van der Waals surface area contributed by atoms with Gasteiger partial charge in [0.2, 0.25) is 0 Å². The molecule has 0 aromatic heterocycles. The van der Waals surface area contributed by atoms with E-state index < -0.39 is 5.97 Å². The van der Waals surface area contributed by atoms with Crippen molar-refractivity contribution in [3.8, 4) is 0 Å². The Morgan fingerprint density at radius 2 is 1.12 bits per heavy atom. The Morgan fingerprint density at radius 3 is 1.62 bits per heavy atom. The van der Waals surface area contributed by atoms with Crippen LogP contribution in [0.5, 0.6) is 0 Å². The van der Waals surface area contributed by atoms with Crippen molar-refractivity contribution in [3.05, 3.63) is 48.6 Å². The Morgan fingerprint density at radius 1 is 0.667 bits per heavy atom. The molecule has 0 aliphatic carbocycles. The molecule has 0 fully saturated rings. The Labute approximate surface area is 149 Å². The highest BCUT2D eigenvalue weighted by atomic mass is 16.4. The van der Waals surface area contributed by atoms with Crippen molar-refractivity contribution in [2.24, 2.45) is 0 Å². The van der Waals surface area contributed by atoms with Gasteiger partial charge in [-0.25, -0.2) is 0 Å². The lowest BCUT2D eigenvalue weighted by atomic mass is 10.1. The summed E-state index contributed by atoms with van der Waals surface area (Å²) in [4.78, 5) is 10.4. The monoisotopic (exact) mass is 332 g/mol. The van der Waals surface area contributed by atoms with Crippen molar-refractivity contribution >= 4 is 5.97 Å². The van der Waals surface area contributed by atoms with Gasteiger partial charge >= 0.3 is 5.97 Å². The molecule has 136 valence electrons. The van der Waals surface area contributed by atoms with E-state index in [9.17, 15) is 4.79 Å². The SMILES string of the molecule is CC/C=C\CCCC/C=C\C/C=C\C/C=C\CCCCCC(=O)O. The highest BCUT2D eigenvalue weighted by Gasteiger charge is 1.94. The zero-order chi connectivity index (χ0) is 17.7. The molecule has 0 saturated heterocycles. The van der Waals surface area contributed by atoms with E-state index in [1.807, 2.05) is 0 Å². The predicted molar refractivity (Wildman–Crippen MR) is 105 cm³/mol. The first-order valence-corrected chi connectivity index (χ1v) is 9.59. The molecule has 0 spiro atoms. The fourth-order valence-electron chi connectivity index (χ4n) is 2.30. The molecule has 1 N–H and O–H groups in total. The van der Waals surface area contributed by atoms with E-state index in [1.165, 1.54) is 25.7 Å². The molecule has 2 nitrogen and oxygen atoms in total. The molecule has 0 saturated carbocycles. The fraction of sp³-hybridized carbons (Fsp3) is 0.591. The van der Waals surface area contributed by atoms with Gasteiger partial charge in [0.05, 0.1) is 0 Å². The van der Waals surface area contributed by atoms with E-state index in [1.54, 1.807) is 0 Å². The van der Waals surface area contributed by atoms with Crippen LogP contribution < -0.4 is 0 Å². The van der Waals surface area contributed by atoms with Crippen LogP contribution in [0.4, 0.5) is 0 Å². The van der Waals surface area contributed by atoms with Gasteiger partial charge in [0.15, 0.2) is 0 Å². The van der Waals surface area contributed by atoms with Crippen molar-refractivity contribution in [2.45, 2.75) is 84.0 Å². The van der Waals surface area contributed by atoms with E-state index in [0.29, 0.717) is 6.42 Å². The molecular weight excluding hydrogens is 296 g/mol. The summed E-state index contributed by atoms with van der Waals surface area (Å²) in [6.45, 7) is 2.17. The van der Waals surface area contributed by atoms with Gasteiger partial charge in [0, 0.05) is 6.42 Å². The van der Waals surface area contributed by atoms with Gasteiger partial charge in [0.1, 0.15) is 0 Å². The Bertz CT molecular complexity index is 389. The first kappa shape index (κ1) is 22.4. The van der Waals surface area contributed by atoms with Gasteiger partial charge in [0.25, 0.3) is 0 Å². The molecule has 0 aromatic rings. The van der Waals surface area contributed by atoms with Crippen LogP contribution in [0.2, 0.25) is 0 Å². The van der Waals surface area contributed by atoms with Crippen LogP contribution in [0.1, 0.15) is 84.0 Å². The topological polar surface area (TPSA) is 37.3 Å². The molecular formula is C22H36O2. The molecule has 0 aliphatic heterocycles. The quantitative estimate of drug-likeness (QED) is 0.244. The lowest BCUT2D eigenvalue weighted by Crippen LogP contribution is -1.93. The van der Waals surface area contributed by atoms with Gasteiger partial charge in [-0.1, -0.05) is 62.0 Å². The van der Waals surface area contributed by atoms with Crippen LogP contribution in [-0.2, 0) is 4.79 Å². The van der Waals surface area contributed by atoms with Crippen molar-refractivity contribution in [2.75, 3.05) is 0 Å². The van der Waals surface area contributed by atoms with Crippen molar-refractivity contribution in [1.82, 2.24) is 0 Å². The number of carboxylic acids is 1. The highest BCUT2D eigenvalue weighted by molar-refractivity contribution is 5.66. The summed E-state index contributed by atoms with van der Waals surface area (Å²) in [6.07, 6.45) is 30.3. The molecule has 0 aromatic carbocycles. The fourth-order valence-corrected chi connectivity index (χ4v) is 2.30. The summed E-state index contributed by atoms with van der Waals surface area (Å²) in [5.74, 6) is -0.686. The summed E-state index contributed by atoms with van der Waals surface area (Å²) in [5, 5.41) is 8.53. The third-order valence-corrected chi connectivity index (χ3v) is 3.70.